The summed E-state index contributed by atoms with van der Waals surface area (Å²) in [6.07, 6.45) is 16.4. The molecule has 0 amide bonds. The van der Waals surface area contributed by atoms with Crippen LogP contribution in [0.25, 0.3) is 0 Å². The van der Waals surface area contributed by atoms with Crippen LogP contribution in [-0.4, -0.2) is 11.2 Å². The summed E-state index contributed by atoms with van der Waals surface area (Å²) in [5.74, 6) is 4.97. The van der Waals surface area contributed by atoms with E-state index in [1.807, 2.05) is 0 Å². The minimum Gasteiger partial charge on any atom is -0.393 e. The molecule has 0 bridgehead atoms. The fourth-order valence-corrected chi connectivity index (χ4v) is 8.02. The van der Waals surface area contributed by atoms with E-state index >= 15 is 0 Å². The van der Waals surface area contributed by atoms with Crippen LogP contribution in [0.5, 0.6) is 0 Å². The van der Waals surface area contributed by atoms with Crippen LogP contribution in [0.15, 0.2) is 23.3 Å². The van der Waals surface area contributed by atoms with Gasteiger partial charge in [-0.25, -0.2) is 0 Å². The lowest BCUT2D eigenvalue weighted by Gasteiger charge is -2.55. The molecule has 3 saturated carbocycles. The summed E-state index contributed by atoms with van der Waals surface area (Å²) in [5.41, 5.74) is 4.17. The van der Waals surface area contributed by atoms with E-state index in [2.05, 4.69) is 53.7 Å². The van der Waals surface area contributed by atoms with Crippen molar-refractivity contribution in [2.45, 2.75) is 105 Å². The third kappa shape index (κ3) is 3.58. The quantitative estimate of drug-likeness (QED) is 0.506. The van der Waals surface area contributed by atoms with Crippen LogP contribution in [0.3, 0.4) is 0 Å². The Labute approximate surface area is 180 Å². The average molecular weight is 399 g/mol. The molecule has 4 aliphatic carbocycles. The minimum atomic E-state index is -0.108. The molecule has 0 spiro atoms. The van der Waals surface area contributed by atoms with E-state index < -0.39 is 0 Å². The summed E-state index contributed by atoms with van der Waals surface area (Å²) >= 11 is 0. The standard InChI is InChI=1S/C28H46O/c1-18(2)19(3)7-8-20(4)24-11-12-25-23-10-9-21-17-22(29)13-15-27(21,5)26(23)14-16-28(24,25)6/h9-10,18-20,22,24-26,29H,7-8,11-17H2,1-6H3/t19-,20+,22-,24?,25?,26?,27-,28+/m0/s1. The number of aliphatic hydroxyl groups excluding tert-OH is 1. The molecule has 0 saturated heterocycles. The number of aliphatic hydroxyl groups is 1. The Bertz CT molecular complexity index is 672. The molecular weight excluding hydrogens is 352 g/mol. The number of fused-ring (bicyclic) bond motifs is 5. The predicted molar refractivity (Wildman–Crippen MR) is 124 cm³/mol. The summed E-state index contributed by atoms with van der Waals surface area (Å²) in [5, 5.41) is 10.2. The van der Waals surface area contributed by atoms with Crippen LogP contribution in [0.1, 0.15) is 99.3 Å². The molecule has 164 valence electrons. The minimum absolute atomic E-state index is 0.108. The van der Waals surface area contributed by atoms with Gasteiger partial charge in [0.2, 0.25) is 0 Å². The van der Waals surface area contributed by atoms with Crippen LogP contribution in [0, 0.1) is 46.3 Å². The van der Waals surface area contributed by atoms with Gasteiger partial charge in [0.1, 0.15) is 0 Å². The van der Waals surface area contributed by atoms with Gasteiger partial charge < -0.3 is 5.11 Å². The SMILES string of the molecule is CC(C)[C@@H](C)CC[C@@H](C)C1CCC2C3=CC=C4C[C@@H](O)CC[C@]4(C)C3CC[C@@]21C. The van der Waals surface area contributed by atoms with Crippen LogP contribution in [-0.2, 0) is 0 Å². The van der Waals surface area contributed by atoms with Gasteiger partial charge in [-0.2, -0.15) is 0 Å². The fraction of sp³-hybridized carbons (Fsp3) is 0.857. The van der Waals surface area contributed by atoms with Gasteiger partial charge >= 0.3 is 0 Å². The Kier molecular flexibility index (Phi) is 5.86. The lowest BCUT2D eigenvalue weighted by Crippen LogP contribution is -2.46. The monoisotopic (exact) mass is 398 g/mol. The van der Waals surface area contributed by atoms with E-state index in [1.54, 1.807) is 11.1 Å². The largest absolute Gasteiger partial charge is 0.393 e. The molecule has 1 heteroatoms. The molecule has 0 radical (unpaired) electrons. The highest BCUT2D eigenvalue weighted by Gasteiger charge is 2.56. The maximum atomic E-state index is 10.2. The van der Waals surface area contributed by atoms with Crippen molar-refractivity contribution < 1.29 is 5.11 Å². The molecule has 8 atom stereocenters. The second kappa shape index (κ2) is 7.85. The van der Waals surface area contributed by atoms with Crippen LogP contribution >= 0.6 is 0 Å². The summed E-state index contributed by atoms with van der Waals surface area (Å²) in [4.78, 5) is 0. The molecular formula is C28H46O. The lowest BCUT2D eigenvalue weighted by atomic mass is 9.50. The van der Waals surface area contributed by atoms with Gasteiger partial charge in [-0.3, -0.25) is 0 Å². The average Bonchev–Trinajstić information content (AvgIpc) is 3.03. The molecule has 0 aromatic carbocycles. The van der Waals surface area contributed by atoms with E-state index in [9.17, 15) is 5.11 Å². The Morgan fingerprint density at radius 3 is 2.41 bits per heavy atom. The first kappa shape index (κ1) is 21.7. The van der Waals surface area contributed by atoms with E-state index in [-0.39, 0.29) is 6.10 Å². The van der Waals surface area contributed by atoms with E-state index in [0.29, 0.717) is 10.8 Å². The zero-order valence-corrected chi connectivity index (χ0v) is 20.0. The van der Waals surface area contributed by atoms with Gasteiger partial charge in [0.15, 0.2) is 0 Å². The zero-order valence-electron chi connectivity index (χ0n) is 20.0. The Balaban J connectivity index is 1.52. The summed E-state index contributed by atoms with van der Waals surface area (Å²) in [6.45, 7) is 14.9. The highest BCUT2D eigenvalue weighted by Crippen LogP contribution is 2.66. The smallest absolute Gasteiger partial charge is 0.0578 e. The van der Waals surface area contributed by atoms with Gasteiger partial charge in [-0.15, -0.1) is 0 Å². The first-order valence-corrected chi connectivity index (χ1v) is 12.8. The highest BCUT2D eigenvalue weighted by atomic mass is 16.3. The highest BCUT2D eigenvalue weighted by molar-refractivity contribution is 5.38. The van der Waals surface area contributed by atoms with Crippen molar-refractivity contribution >= 4 is 0 Å². The predicted octanol–water partition coefficient (Wildman–Crippen LogP) is 7.55. The fourth-order valence-electron chi connectivity index (χ4n) is 8.02. The van der Waals surface area contributed by atoms with Crippen LogP contribution in [0.2, 0.25) is 0 Å². The second-order valence-electron chi connectivity index (χ2n) is 12.3. The van der Waals surface area contributed by atoms with Crippen molar-refractivity contribution in [3.63, 3.8) is 0 Å². The van der Waals surface area contributed by atoms with Crippen molar-refractivity contribution in [3.05, 3.63) is 23.3 Å². The first-order valence-electron chi connectivity index (χ1n) is 12.8. The molecule has 1 nitrogen and oxygen atoms in total. The molecule has 1 N–H and O–H groups in total. The lowest BCUT2D eigenvalue weighted by molar-refractivity contribution is 0.0317. The maximum absolute atomic E-state index is 10.2. The Morgan fingerprint density at radius 2 is 1.69 bits per heavy atom. The van der Waals surface area contributed by atoms with E-state index in [1.165, 1.54) is 44.9 Å². The van der Waals surface area contributed by atoms with E-state index in [0.717, 1.165) is 48.3 Å². The Hall–Kier alpha value is -0.560. The molecule has 3 fully saturated rings. The molecule has 4 aliphatic rings. The van der Waals surface area contributed by atoms with Crippen LogP contribution < -0.4 is 0 Å². The third-order valence-electron chi connectivity index (χ3n) is 10.5. The molecule has 4 rings (SSSR count). The van der Waals surface area contributed by atoms with Crippen molar-refractivity contribution in [1.29, 1.82) is 0 Å². The molecule has 0 aromatic rings. The van der Waals surface area contributed by atoms with Crippen molar-refractivity contribution in [1.82, 2.24) is 0 Å². The summed E-state index contributed by atoms with van der Waals surface area (Å²) < 4.78 is 0. The molecule has 3 unspecified atom stereocenters. The third-order valence-corrected chi connectivity index (χ3v) is 10.5. The van der Waals surface area contributed by atoms with Gasteiger partial charge in [-0.05, 0) is 91.3 Å². The normalized spacial score (nSPS) is 43.7. The van der Waals surface area contributed by atoms with Gasteiger partial charge in [0.05, 0.1) is 6.10 Å². The number of hydrogen-bond donors (Lipinski definition) is 1. The Morgan fingerprint density at radius 1 is 0.931 bits per heavy atom. The number of hydrogen-bond acceptors (Lipinski definition) is 1. The molecule has 29 heavy (non-hydrogen) atoms. The molecule has 0 heterocycles. The number of rotatable bonds is 5. The summed E-state index contributed by atoms with van der Waals surface area (Å²) in [7, 11) is 0. The zero-order chi connectivity index (χ0) is 21.0. The van der Waals surface area contributed by atoms with Crippen LogP contribution in [0.4, 0.5) is 0 Å². The molecule has 0 aromatic heterocycles. The van der Waals surface area contributed by atoms with Gasteiger partial charge in [0.25, 0.3) is 0 Å². The van der Waals surface area contributed by atoms with E-state index in [4.69, 9.17) is 0 Å². The van der Waals surface area contributed by atoms with Crippen molar-refractivity contribution in [2.24, 2.45) is 46.3 Å². The molecule has 0 aliphatic heterocycles. The number of allylic oxidation sites excluding steroid dienone is 3. The topological polar surface area (TPSA) is 20.2 Å². The van der Waals surface area contributed by atoms with Gasteiger partial charge in [-0.1, -0.05) is 77.7 Å². The van der Waals surface area contributed by atoms with Gasteiger partial charge in [0, 0.05) is 0 Å². The van der Waals surface area contributed by atoms with Crippen molar-refractivity contribution in [3.8, 4) is 0 Å². The maximum Gasteiger partial charge on any atom is 0.0578 e. The second-order valence-corrected chi connectivity index (χ2v) is 12.3. The van der Waals surface area contributed by atoms with Crippen molar-refractivity contribution in [2.75, 3.05) is 0 Å². The first-order chi connectivity index (χ1) is 13.7. The summed E-state index contributed by atoms with van der Waals surface area (Å²) in [6, 6.07) is 0.